The first-order valence-corrected chi connectivity index (χ1v) is 6.93. The molecule has 0 aliphatic heterocycles. The average molecular weight is 344 g/mol. The van der Waals surface area contributed by atoms with E-state index in [0.717, 1.165) is 4.47 Å². The minimum Gasteiger partial charge on any atom is -0.321 e. The van der Waals surface area contributed by atoms with Crippen LogP contribution in [0.25, 0.3) is 11.4 Å². The summed E-state index contributed by atoms with van der Waals surface area (Å²) in [5, 5.41) is 16.7. The second-order valence-electron chi connectivity index (χ2n) is 4.25. The standard InChI is InChI=1S/C14H10BrN5O/c15-10-6-7-11(13-17-19-20-18-13)12(8-10)16-14(21)9-4-2-1-3-5-9/h1-8H,(H,16,21)(H,17,18,19,20). The van der Waals surface area contributed by atoms with Crippen LogP contribution in [0.5, 0.6) is 0 Å². The zero-order valence-corrected chi connectivity index (χ0v) is 12.3. The number of hydrogen-bond acceptors (Lipinski definition) is 4. The van der Waals surface area contributed by atoms with E-state index in [-0.39, 0.29) is 5.91 Å². The third-order valence-electron chi connectivity index (χ3n) is 2.85. The van der Waals surface area contributed by atoms with Gasteiger partial charge in [0.25, 0.3) is 5.91 Å². The minimum atomic E-state index is -0.196. The molecule has 0 atom stereocenters. The molecule has 1 aromatic heterocycles. The summed E-state index contributed by atoms with van der Waals surface area (Å²) in [5.41, 5.74) is 1.88. The minimum absolute atomic E-state index is 0.196. The highest BCUT2D eigenvalue weighted by molar-refractivity contribution is 9.10. The number of benzene rings is 2. The number of halogens is 1. The zero-order valence-electron chi connectivity index (χ0n) is 10.7. The van der Waals surface area contributed by atoms with E-state index in [9.17, 15) is 4.79 Å². The van der Waals surface area contributed by atoms with Gasteiger partial charge in [-0.15, -0.1) is 10.2 Å². The number of aromatic nitrogens is 4. The molecular weight excluding hydrogens is 334 g/mol. The predicted octanol–water partition coefficient (Wildman–Crippen LogP) is 2.88. The molecule has 0 aliphatic carbocycles. The van der Waals surface area contributed by atoms with Crippen LogP contribution in [0.2, 0.25) is 0 Å². The largest absolute Gasteiger partial charge is 0.321 e. The van der Waals surface area contributed by atoms with Gasteiger partial charge in [0.2, 0.25) is 5.82 Å². The monoisotopic (exact) mass is 343 g/mol. The van der Waals surface area contributed by atoms with Crippen LogP contribution in [-0.4, -0.2) is 26.5 Å². The van der Waals surface area contributed by atoms with Gasteiger partial charge in [0.15, 0.2) is 0 Å². The van der Waals surface area contributed by atoms with Crippen molar-refractivity contribution >= 4 is 27.5 Å². The number of aromatic amines is 1. The number of nitrogens with zero attached hydrogens (tertiary/aromatic N) is 3. The summed E-state index contributed by atoms with van der Waals surface area (Å²) in [6.07, 6.45) is 0. The highest BCUT2D eigenvalue weighted by Crippen LogP contribution is 2.28. The normalized spacial score (nSPS) is 10.3. The van der Waals surface area contributed by atoms with Crippen molar-refractivity contribution in [2.45, 2.75) is 0 Å². The molecule has 6 nitrogen and oxygen atoms in total. The summed E-state index contributed by atoms with van der Waals surface area (Å²) in [5.74, 6) is 0.226. The molecular formula is C14H10BrN5O. The van der Waals surface area contributed by atoms with Gasteiger partial charge in [-0.3, -0.25) is 4.79 Å². The predicted molar refractivity (Wildman–Crippen MR) is 81.7 cm³/mol. The van der Waals surface area contributed by atoms with Crippen LogP contribution in [0, 0.1) is 0 Å². The first-order valence-electron chi connectivity index (χ1n) is 6.14. The molecule has 1 heterocycles. The molecule has 2 aromatic carbocycles. The van der Waals surface area contributed by atoms with Crippen molar-refractivity contribution in [2.75, 3.05) is 5.32 Å². The second kappa shape index (κ2) is 5.84. The molecule has 21 heavy (non-hydrogen) atoms. The molecule has 3 rings (SSSR count). The SMILES string of the molecule is O=C(Nc1cc(Br)ccc1-c1nn[nH]n1)c1ccccc1. The van der Waals surface area contributed by atoms with E-state index in [2.05, 4.69) is 41.9 Å². The van der Waals surface area contributed by atoms with Gasteiger partial charge in [-0.05, 0) is 35.5 Å². The Morgan fingerprint density at radius 1 is 1.14 bits per heavy atom. The van der Waals surface area contributed by atoms with Crippen molar-refractivity contribution in [1.29, 1.82) is 0 Å². The first-order chi connectivity index (χ1) is 10.2. The molecule has 1 amide bonds. The van der Waals surface area contributed by atoms with E-state index < -0.39 is 0 Å². The van der Waals surface area contributed by atoms with Crippen LogP contribution in [0.4, 0.5) is 5.69 Å². The Morgan fingerprint density at radius 2 is 1.95 bits per heavy atom. The fourth-order valence-corrected chi connectivity index (χ4v) is 2.24. The number of tetrazole rings is 1. The zero-order chi connectivity index (χ0) is 14.7. The Bertz CT molecular complexity index is 758. The fourth-order valence-electron chi connectivity index (χ4n) is 1.87. The third kappa shape index (κ3) is 2.97. The summed E-state index contributed by atoms with van der Waals surface area (Å²) in [4.78, 5) is 12.3. The molecule has 0 bridgehead atoms. The number of rotatable bonds is 3. The molecule has 0 fully saturated rings. The average Bonchev–Trinajstić information content (AvgIpc) is 3.02. The Balaban J connectivity index is 1.95. The molecule has 0 saturated heterocycles. The lowest BCUT2D eigenvalue weighted by Gasteiger charge is -2.09. The lowest BCUT2D eigenvalue weighted by Crippen LogP contribution is -2.12. The number of amides is 1. The van der Waals surface area contributed by atoms with E-state index in [0.29, 0.717) is 22.6 Å². The summed E-state index contributed by atoms with van der Waals surface area (Å²) < 4.78 is 0.845. The molecule has 0 saturated carbocycles. The van der Waals surface area contributed by atoms with Crippen LogP contribution >= 0.6 is 15.9 Å². The highest BCUT2D eigenvalue weighted by atomic mass is 79.9. The number of H-pyrrole nitrogens is 1. The van der Waals surface area contributed by atoms with Crippen molar-refractivity contribution in [3.05, 3.63) is 58.6 Å². The highest BCUT2D eigenvalue weighted by Gasteiger charge is 2.13. The maximum absolute atomic E-state index is 12.3. The quantitative estimate of drug-likeness (QED) is 0.765. The lowest BCUT2D eigenvalue weighted by molar-refractivity contribution is 0.102. The molecule has 104 valence electrons. The van der Waals surface area contributed by atoms with Crippen LogP contribution in [0.1, 0.15) is 10.4 Å². The fraction of sp³-hybridized carbons (Fsp3) is 0. The number of carbonyl (C=O) groups is 1. The number of carbonyl (C=O) groups excluding carboxylic acids is 1. The van der Waals surface area contributed by atoms with Gasteiger partial charge in [0.05, 0.1) is 5.69 Å². The smallest absolute Gasteiger partial charge is 0.255 e. The van der Waals surface area contributed by atoms with E-state index >= 15 is 0 Å². The topological polar surface area (TPSA) is 83.6 Å². The van der Waals surface area contributed by atoms with E-state index in [1.54, 1.807) is 18.2 Å². The van der Waals surface area contributed by atoms with Gasteiger partial charge >= 0.3 is 0 Å². The third-order valence-corrected chi connectivity index (χ3v) is 3.35. The molecule has 0 unspecified atom stereocenters. The summed E-state index contributed by atoms with van der Waals surface area (Å²) in [6, 6.07) is 14.5. The first kappa shape index (κ1) is 13.4. The maximum Gasteiger partial charge on any atom is 0.255 e. The van der Waals surface area contributed by atoms with Gasteiger partial charge in [0.1, 0.15) is 0 Å². The Labute approximate surface area is 128 Å². The van der Waals surface area contributed by atoms with Crippen molar-refractivity contribution < 1.29 is 4.79 Å². The van der Waals surface area contributed by atoms with Crippen LogP contribution < -0.4 is 5.32 Å². The van der Waals surface area contributed by atoms with E-state index in [1.807, 2.05) is 30.3 Å². The summed E-state index contributed by atoms with van der Waals surface area (Å²) in [7, 11) is 0. The lowest BCUT2D eigenvalue weighted by atomic mass is 10.1. The van der Waals surface area contributed by atoms with Crippen molar-refractivity contribution in [3.8, 4) is 11.4 Å². The molecule has 0 aliphatic rings. The molecule has 3 aromatic rings. The van der Waals surface area contributed by atoms with Crippen molar-refractivity contribution in [3.63, 3.8) is 0 Å². The van der Waals surface area contributed by atoms with Crippen LogP contribution in [0.3, 0.4) is 0 Å². The maximum atomic E-state index is 12.3. The van der Waals surface area contributed by atoms with Crippen LogP contribution in [-0.2, 0) is 0 Å². The summed E-state index contributed by atoms with van der Waals surface area (Å²) >= 11 is 3.39. The van der Waals surface area contributed by atoms with Gasteiger partial charge in [0, 0.05) is 15.6 Å². The van der Waals surface area contributed by atoms with Crippen molar-refractivity contribution in [2.24, 2.45) is 0 Å². The molecule has 0 spiro atoms. The van der Waals surface area contributed by atoms with Gasteiger partial charge in [-0.25, -0.2) is 0 Å². The number of anilines is 1. The van der Waals surface area contributed by atoms with E-state index in [1.165, 1.54) is 0 Å². The summed E-state index contributed by atoms with van der Waals surface area (Å²) in [6.45, 7) is 0. The van der Waals surface area contributed by atoms with Crippen LogP contribution in [0.15, 0.2) is 53.0 Å². The molecule has 7 heteroatoms. The van der Waals surface area contributed by atoms with Gasteiger partial charge < -0.3 is 5.32 Å². The number of hydrogen-bond donors (Lipinski definition) is 2. The van der Waals surface area contributed by atoms with Gasteiger partial charge in [-0.1, -0.05) is 34.1 Å². The van der Waals surface area contributed by atoms with E-state index in [4.69, 9.17) is 0 Å². The molecule has 2 N–H and O–H groups in total. The Morgan fingerprint density at radius 3 is 2.67 bits per heavy atom. The molecule has 0 radical (unpaired) electrons. The van der Waals surface area contributed by atoms with Gasteiger partial charge in [-0.2, -0.15) is 5.21 Å². The second-order valence-corrected chi connectivity index (χ2v) is 5.16. The Kier molecular flexibility index (Phi) is 3.74. The Hall–Kier alpha value is -2.54. The number of nitrogens with one attached hydrogen (secondary N) is 2. The van der Waals surface area contributed by atoms with Crippen molar-refractivity contribution in [1.82, 2.24) is 20.6 Å².